The van der Waals surface area contributed by atoms with E-state index in [2.05, 4.69) is 28.2 Å². The van der Waals surface area contributed by atoms with Crippen molar-refractivity contribution in [2.75, 3.05) is 11.9 Å². The largest absolute Gasteiger partial charge is 0.406 e. The molecule has 1 aromatic carbocycles. The minimum absolute atomic E-state index is 0.197. The second-order valence-corrected chi connectivity index (χ2v) is 7.56. The number of fused-ring (bicyclic) bond motifs is 1. The summed E-state index contributed by atoms with van der Waals surface area (Å²) in [6.45, 7) is 2.31. The van der Waals surface area contributed by atoms with Crippen LogP contribution >= 0.6 is 0 Å². The fourth-order valence-corrected chi connectivity index (χ4v) is 3.14. The Morgan fingerprint density at radius 2 is 1.97 bits per heavy atom. The number of aromatic nitrogens is 2. The van der Waals surface area contributed by atoms with Crippen molar-refractivity contribution in [1.82, 2.24) is 9.55 Å². The monoisotopic (exact) mass is 426 g/mol. The van der Waals surface area contributed by atoms with Crippen molar-refractivity contribution >= 4 is 16.6 Å². The molecule has 160 valence electrons. The van der Waals surface area contributed by atoms with Crippen LogP contribution in [0.4, 0.5) is 18.9 Å². The molecular weight excluding hydrogens is 405 g/mol. The number of benzene rings is 1. The van der Waals surface area contributed by atoms with Crippen LogP contribution in [0.2, 0.25) is 0 Å². The summed E-state index contributed by atoms with van der Waals surface area (Å²) >= 11 is 0. The molecule has 2 N–H and O–H groups in total. The van der Waals surface area contributed by atoms with Crippen molar-refractivity contribution in [3.05, 3.63) is 59.5 Å². The molecule has 8 heteroatoms. The van der Waals surface area contributed by atoms with Crippen LogP contribution in [0.5, 0.6) is 0 Å². The van der Waals surface area contributed by atoms with Crippen LogP contribution in [-0.4, -0.2) is 27.4 Å². The van der Waals surface area contributed by atoms with Crippen molar-refractivity contribution in [3.8, 4) is 17.9 Å². The number of aliphatic hydroxyl groups is 1. The van der Waals surface area contributed by atoms with Crippen LogP contribution in [0.25, 0.3) is 10.9 Å². The summed E-state index contributed by atoms with van der Waals surface area (Å²) in [4.78, 5) is 4.27. The average molecular weight is 426 g/mol. The van der Waals surface area contributed by atoms with Gasteiger partial charge in [0.2, 0.25) is 0 Å². The Kier molecular flexibility index (Phi) is 6.24. The zero-order chi connectivity index (χ0) is 22.6. The molecule has 3 rings (SSSR count). The molecular formula is C23H21F3N4O. The lowest BCUT2D eigenvalue weighted by atomic mass is 9.91. The Hall–Kier alpha value is -3.49. The van der Waals surface area contributed by atoms with Crippen molar-refractivity contribution in [3.63, 3.8) is 0 Å². The van der Waals surface area contributed by atoms with E-state index in [-0.39, 0.29) is 18.8 Å². The first-order chi connectivity index (χ1) is 14.6. The second kappa shape index (κ2) is 8.71. The van der Waals surface area contributed by atoms with E-state index in [0.717, 1.165) is 4.57 Å². The van der Waals surface area contributed by atoms with Crippen molar-refractivity contribution in [2.45, 2.75) is 38.6 Å². The minimum atomic E-state index is -4.40. The molecule has 0 aliphatic heterocycles. The number of rotatable bonds is 5. The molecule has 0 aliphatic carbocycles. The van der Waals surface area contributed by atoms with Gasteiger partial charge in [0.25, 0.3) is 0 Å². The van der Waals surface area contributed by atoms with Crippen LogP contribution in [0.15, 0.2) is 42.6 Å². The van der Waals surface area contributed by atoms with Gasteiger partial charge in [-0.2, -0.15) is 18.4 Å². The first-order valence-electron chi connectivity index (χ1n) is 9.54. The minimum Gasteiger partial charge on any atom is -0.392 e. The number of hydrogen-bond donors (Lipinski definition) is 2. The topological polar surface area (TPSA) is 73.9 Å². The molecule has 0 atom stereocenters. The SMILES string of the molecule is CC(C)(C#N)c1ccc(NCC#Cc2cc3c(CO)cccc3n2CC(F)(F)F)cn1. The zero-order valence-electron chi connectivity index (χ0n) is 17.1. The maximum Gasteiger partial charge on any atom is 0.406 e. The van der Waals surface area contributed by atoms with E-state index in [4.69, 9.17) is 5.26 Å². The zero-order valence-corrected chi connectivity index (χ0v) is 17.1. The summed E-state index contributed by atoms with van der Waals surface area (Å²) in [6, 6.07) is 12.1. The first kappa shape index (κ1) is 22.2. The normalized spacial score (nSPS) is 11.6. The Balaban J connectivity index is 1.81. The summed E-state index contributed by atoms with van der Waals surface area (Å²) in [7, 11) is 0. The van der Waals surface area contributed by atoms with Crippen molar-refractivity contribution in [1.29, 1.82) is 5.26 Å². The molecule has 0 fully saturated rings. The Bertz CT molecular complexity index is 1180. The summed E-state index contributed by atoms with van der Waals surface area (Å²) in [5.74, 6) is 5.64. The van der Waals surface area contributed by atoms with Gasteiger partial charge in [-0.05, 0) is 49.6 Å². The van der Waals surface area contributed by atoms with Gasteiger partial charge in [-0.3, -0.25) is 4.98 Å². The smallest absolute Gasteiger partial charge is 0.392 e. The molecule has 0 aliphatic rings. The van der Waals surface area contributed by atoms with Crippen LogP contribution in [-0.2, 0) is 18.6 Å². The van der Waals surface area contributed by atoms with E-state index in [1.165, 1.54) is 0 Å². The third-order valence-corrected chi connectivity index (χ3v) is 4.82. The molecule has 31 heavy (non-hydrogen) atoms. The molecule has 0 amide bonds. The first-order valence-corrected chi connectivity index (χ1v) is 9.54. The van der Waals surface area contributed by atoms with Gasteiger partial charge in [0.15, 0.2) is 0 Å². The molecule has 0 spiro atoms. The van der Waals surface area contributed by atoms with Crippen LogP contribution in [0.1, 0.15) is 30.8 Å². The Morgan fingerprint density at radius 3 is 2.58 bits per heavy atom. The molecule has 3 aromatic rings. The van der Waals surface area contributed by atoms with Gasteiger partial charge in [-0.25, -0.2) is 0 Å². The van der Waals surface area contributed by atoms with Crippen molar-refractivity contribution in [2.24, 2.45) is 0 Å². The number of alkyl halides is 3. The van der Waals surface area contributed by atoms with Gasteiger partial charge in [0, 0.05) is 10.9 Å². The van der Waals surface area contributed by atoms with E-state index in [1.54, 1.807) is 56.4 Å². The summed E-state index contributed by atoms with van der Waals surface area (Å²) in [5.41, 5.74) is 1.78. The number of nitrogens with one attached hydrogen (secondary N) is 1. The Morgan fingerprint density at radius 1 is 1.19 bits per heavy atom. The van der Waals surface area contributed by atoms with E-state index in [0.29, 0.717) is 27.8 Å². The van der Waals surface area contributed by atoms with Gasteiger partial charge >= 0.3 is 6.18 Å². The van der Waals surface area contributed by atoms with E-state index >= 15 is 0 Å². The van der Waals surface area contributed by atoms with E-state index < -0.39 is 18.1 Å². The van der Waals surface area contributed by atoms with Crippen molar-refractivity contribution < 1.29 is 18.3 Å². The number of nitrogens with zero attached hydrogens (tertiary/aromatic N) is 3. The Labute approximate surface area is 178 Å². The molecule has 0 radical (unpaired) electrons. The fourth-order valence-electron chi connectivity index (χ4n) is 3.14. The number of anilines is 1. The number of aliphatic hydroxyl groups excluding tert-OH is 1. The number of nitriles is 1. The molecule has 2 aromatic heterocycles. The van der Waals surface area contributed by atoms with Gasteiger partial charge in [0.1, 0.15) is 6.54 Å². The highest BCUT2D eigenvalue weighted by Crippen LogP contribution is 2.27. The third-order valence-electron chi connectivity index (χ3n) is 4.82. The van der Waals surface area contributed by atoms with E-state index in [1.807, 2.05) is 0 Å². The summed E-state index contributed by atoms with van der Waals surface area (Å²) in [5, 5.41) is 22.3. The predicted molar refractivity (Wildman–Crippen MR) is 112 cm³/mol. The lowest BCUT2D eigenvalue weighted by Crippen LogP contribution is -2.18. The number of pyridine rings is 1. The molecule has 0 saturated carbocycles. The predicted octanol–water partition coefficient (Wildman–Crippen LogP) is 4.36. The second-order valence-electron chi connectivity index (χ2n) is 7.56. The van der Waals surface area contributed by atoms with Gasteiger partial charge in [-0.15, -0.1) is 0 Å². The van der Waals surface area contributed by atoms with Gasteiger partial charge in [0.05, 0.1) is 47.9 Å². The van der Waals surface area contributed by atoms with Crippen LogP contribution in [0, 0.1) is 23.2 Å². The highest BCUT2D eigenvalue weighted by molar-refractivity contribution is 5.85. The average Bonchev–Trinajstić information content (AvgIpc) is 3.07. The van der Waals surface area contributed by atoms with Crippen LogP contribution < -0.4 is 5.32 Å². The number of halogens is 3. The van der Waals surface area contributed by atoms with Crippen LogP contribution in [0.3, 0.4) is 0 Å². The summed E-state index contributed by atoms with van der Waals surface area (Å²) < 4.78 is 40.4. The van der Waals surface area contributed by atoms with Gasteiger partial charge in [-0.1, -0.05) is 18.1 Å². The lowest BCUT2D eigenvalue weighted by molar-refractivity contribution is -0.140. The third kappa shape index (κ3) is 5.17. The maximum atomic E-state index is 13.1. The van der Waals surface area contributed by atoms with E-state index in [9.17, 15) is 18.3 Å². The highest BCUT2D eigenvalue weighted by atomic mass is 19.4. The molecule has 0 unspecified atom stereocenters. The van der Waals surface area contributed by atoms with Gasteiger partial charge < -0.3 is 15.0 Å². The molecule has 0 bridgehead atoms. The highest BCUT2D eigenvalue weighted by Gasteiger charge is 2.29. The standard InChI is InChI=1S/C23H21F3N4O/c1-22(2,14-27)21-9-8-17(12-29-21)28-10-4-6-18-11-19-16(13-31)5-3-7-20(19)30(18)15-23(24,25)26/h3,5,7-9,11-12,28,31H,10,13,15H2,1-2H3. The molecule has 2 heterocycles. The lowest BCUT2D eigenvalue weighted by Gasteiger charge is -2.14. The molecule has 5 nitrogen and oxygen atoms in total. The number of hydrogen-bond acceptors (Lipinski definition) is 4. The molecule has 0 saturated heterocycles. The summed E-state index contributed by atoms with van der Waals surface area (Å²) in [6.07, 6.45) is -2.81. The fraction of sp³-hybridized carbons (Fsp3) is 0.304. The maximum absolute atomic E-state index is 13.1. The quantitative estimate of drug-likeness (QED) is 0.595.